The zero-order chi connectivity index (χ0) is 24.6. The van der Waals surface area contributed by atoms with Crippen LogP contribution >= 0.6 is 0 Å². The number of para-hydroxylation sites is 2. The second-order valence-electron chi connectivity index (χ2n) is 8.69. The molecule has 0 saturated heterocycles. The normalized spacial score (nSPS) is 10.9. The summed E-state index contributed by atoms with van der Waals surface area (Å²) in [6, 6.07) is 25.9. The fraction of sp³-hybridized carbons (Fsp3) is 0.222. The first-order valence-electron chi connectivity index (χ1n) is 11.0. The van der Waals surface area contributed by atoms with Crippen LogP contribution in [0.1, 0.15) is 37.8 Å². The highest BCUT2D eigenvalue weighted by atomic mass is 16.6. The number of amides is 3. The van der Waals surface area contributed by atoms with Gasteiger partial charge in [-0.25, -0.2) is 4.79 Å². The van der Waals surface area contributed by atoms with Crippen LogP contribution in [-0.2, 0) is 14.3 Å². The number of benzene rings is 3. The first kappa shape index (κ1) is 24.5. The minimum atomic E-state index is -0.683. The third-order valence-electron chi connectivity index (χ3n) is 4.78. The lowest BCUT2D eigenvalue weighted by Gasteiger charge is -2.20. The number of alkyl carbamates (subject to hydrolysis) is 1. The largest absolute Gasteiger partial charge is 0.444 e. The lowest BCUT2D eigenvalue weighted by molar-refractivity contribution is -0.117. The fourth-order valence-electron chi connectivity index (χ4n) is 3.35. The van der Waals surface area contributed by atoms with Crippen molar-refractivity contribution < 1.29 is 19.1 Å². The molecule has 0 unspecified atom stereocenters. The molecule has 0 atom stereocenters. The number of ether oxygens (including phenoxy) is 1. The van der Waals surface area contributed by atoms with E-state index in [-0.39, 0.29) is 12.5 Å². The molecule has 3 aromatic rings. The van der Waals surface area contributed by atoms with E-state index < -0.39 is 23.5 Å². The van der Waals surface area contributed by atoms with E-state index in [1.807, 2.05) is 60.7 Å². The fourth-order valence-corrected chi connectivity index (χ4v) is 3.35. The van der Waals surface area contributed by atoms with Gasteiger partial charge in [-0.3, -0.25) is 9.59 Å². The average molecular weight is 460 g/mol. The van der Waals surface area contributed by atoms with Crippen molar-refractivity contribution in [2.45, 2.75) is 32.3 Å². The maximum Gasteiger partial charge on any atom is 0.408 e. The third kappa shape index (κ3) is 7.20. The minimum Gasteiger partial charge on any atom is -0.444 e. The molecule has 3 amide bonds. The molecule has 0 bridgehead atoms. The molecule has 0 fully saturated rings. The Morgan fingerprint density at radius 3 is 1.71 bits per heavy atom. The Labute approximate surface area is 199 Å². The Kier molecular flexibility index (Phi) is 8.03. The van der Waals surface area contributed by atoms with E-state index in [1.165, 1.54) is 0 Å². The Hall–Kier alpha value is -4.13. The highest BCUT2D eigenvalue weighted by Gasteiger charge is 2.23. The number of anilines is 2. The standard InChI is InChI=1S/C27H29N3O4/c1-27(2,3)34-26(33)28-18-23(31)29-21-16-10-11-17-22(21)30-25(32)24(19-12-6-4-7-13-19)20-14-8-5-9-15-20/h4-17,24H,18H2,1-3H3,(H,28,33)(H,29,31)(H,30,32). The number of nitrogens with one attached hydrogen (secondary N) is 3. The predicted octanol–water partition coefficient (Wildman–Crippen LogP) is 4.92. The highest BCUT2D eigenvalue weighted by Crippen LogP contribution is 2.28. The number of hydrogen-bond acceptors (Lipinski definition) is 4. The second-order valence-corrected chi connectivity index (χ2v) is 8.69. The summed E-state index contributed by atoms with van der Waals surface area (Å²) in [6.45, 7) is 4.95. The van der Waals surface area contributed by atoms with Gasteiger partial charge >= 0.3 is 6.09 Å². The van der Waals surface area contributed by atoms with Crippen LogP contribution in [0, 0.1) is 0 Å². The van der Waals surface area contributed by atoms with E-state index in [9.17, 15) is 14.4 Å². The summed E-state index contributed by atoms with van der Waals surface area (Å²) in [7, 11) is 0. The van der Waals surface area contributed by atoms with Crippen LogP contribution < -0.4 is 16.0 Å². The Bertz CT molecular complexity index is 1090. The molecular formula is C27H29N3O4. The molecule has 3 rings (SSSR count). The summed E-state index contributed by atoms with van der Waals surface area (Å²) >= 11 is 0. The maximum absolute atomic E-state index is 13.4. The van der Waals surface area contributed by atoms with Crippen molar-refractivity contribution in [1.82, 2.24) is 5.32 Å². The Morgan fingerprint density at radius 1 is 0.735 bits per heavy atom. The van der Waals surface area contributed by atoms with Crippen molar-refractivity contribution in [3.63, 3.8) is 0 Å². The van der Waals surface area contributed by atoms with Gasteiger partial charge in [0.05, 0.1) is 17.3 Å². The lowest BCUT2D eigenvalue weighted by atomic mass is 9.90. The molecule has 0 aromatic heterocycles. The first-order chi connectivity index (χ1) is 16.2. The zero-order valence-electron chi connectivity index (χ0n) is 19.5. The van der Waals surface area contributed by atoms with Crippen LogP contribution in [0.25, 0.3) is 0 Å². The summed E-state index contributed by atoms with van der Waals surface area (Å²) in [5.41, 5.74) is 1.93. The van der Waals surface area contributed by atoms with Gasteiger partial charge in [0.15, 0.2) is 0 Å². The van der Waals surface area contributed by atoms with Gasteiger partial charge in [0.2, 0.25) is 11.8 Å². The van der Waals surface area contributed by atoms with Crippen molar-refractivity contribution in [3.05, 3.63) is 96.1 Å². The molecule has 3 aromatic carbocycles. The van der Waals surface area contributed by atoms with E-state index in [4.69, 9.17) is 4.74 Å². The van der Waals surface area contributed by atoms with Crippen LogP contribution in [0.5, 0.6) is 0 Å². The van der Waals surface area contributed by atoms with Crippen molar-refractivity contribution in [1.29, 1.82) is 0 Å². The molecule has 7 nitrogen and oxygen atoms in total. The molecule has 0 heterocycles. The number of hydrogen-bond donors (Lipinski definition) is 3. The predicted molar refractivity (Wildman–Crippen MR) is 133 cm³/mol. The topological polar surface area (TPSA) is 96.5 Å². The number of carbonyl (C=O) groups excluding carboxylic acids is 3. The van der Waals surface area contributed by atoms with Gasteiger partial charge < -0.3 is 20.7 Å². The van der Waals surface area contributed by atoms with E-state index in [0.29, 0.717) is 11.4 Å². The van der Waals surface area contributed by atoms with Crippen molar-refractivity contribution in [3.8, 4) is 0 Å². The molecule has 176 valence electrons. The van der Waals surface area contributed by atoms with Crippen LogP contribution in [0.3, 0.4) is 0 Å². The SMILES string of the molecule is CC(C)(C)OC(=O)NCC(=O)Nc1ccccc1NC(=O)C(c1ccccc1)c1ccccc1. The van der Waals surface area contributed by atoms with Gasteiger partial charge in [-0.1, -0.05) is 72.8 Å². The summed E-state index contributed by atoms with van der Waals surface area (Å²) in [5.74, 6) is -1.21. The van der Waals surface area contributed by atoms with Gasteiger partial charge in [0.25, 0.3) is 0 Å². The van der Waals surface area contributed by atoms with Crippen LogP contribution in [0.15, 0.2) is 84.9 Å². The molecule has 0 radical (unpaired) electrons. The summed E-state index contributed by atoms with van der Waals surface area (Å²) < 4.78 is 5.14. The zero-order valence-corrected chi connectivity index (χ0v) is 19.5. The average Bonchev–Trinajstić information content (AvgIpc) is 2.79. The smallest absolute Gasteiger partial charge is 0.408 e. The summed E-state index contributed by atoms with van der Waals surface area (Å²) in [6.07, 6.45) is -0.683. The molecule has 7 heteroatoms. The summed E-state index contributed by atoms with van der Waals surface area (Å²) in [5, 5.41) is 8.09. The molecule has 0 spiro atoms. The molecular weight excluding hydrogens is 430 g/mol. The van der Waals surface area contributed by atoms with Crippen molar-refractivity contribution in [2.75, 3.05) is 17.2 Å². The van der Waals surface area contributed by atoms with E-state index in [0.717, 1.165) is 11.1 Å². The van der Waals surface area contributed by atoms with E-state index >= 15 is 0 Å². The molecule has 0 aliphatic carbocycles. The lowest BCUT2D eigenvalue weighted by Crippen LogP contribution is -2.37. The van der Waals surface area contributed by atoms with Gasteiger partial charge in [-0.2, -0.15) is 0 Å². The van der Waals surface area contributed by atoms with Crippen molar-refractivity contribution in [2.24, 2.45) is 0 Å². The number of rotatable bonds is 7. The molecule has 0 aliphatic heterocycles. The Balaban J connectivity index is 1.73. The van der Waals surface area contributed by atoms with Gasteiger partial charge in [-0.05, 0) is 44.0 Å². The number of carbonyl (C=O) groups is 3. The van der Waals surface area contributed by atoms with Crippen LogP contribution in [0.2, 0.25) is 0 Å². The van der Waals surface area contributed by atoms with Crippen LogP contribution in [0.4, 0.5) is 16.2 Å². The maximum atomic E-state index is 13.4. The first-order valence-corrected chi connectivity index (χ1v) is 11.0. The third-order valence-corrected chi connectivity index (χ3v) is 4.78. The van der Waals surface area contributed by atoms with Crippen LogP contribution in [-0.4, -0.2) is 30.1 Å². The van der Waals surface area contributed by atoms with Gasteiger partial charge in [0.1, 0.15) is 12.1 Å². The highest BCUT2D eigenvalue weighted by molar-refractivity contribution is 6.03. The molecule has 34 heavy (non-hydrogen) atoms. The minimum absolute atomic E-state index is 0.231. The monoisotopic (exact) mass is 459 g/mol. The summed E-state index contributed by atoms with van der Waals surface area (Å²) in [4.78, 5) is 37.6. The molecule has 0 aliphatic rings. The van der Waals surface area contributed by atoms with Gasteiger partial charge in [0, 0.05) is 0 Å². The Morgan fingerprint density at radius 2 is 1.21 bits per heavy atom. The van der Waals surface area contributed by atoms with E-state index in [2.05, 4.69) is 16.0 Å². The van der Waals surface area contributed by atoms with Gasteiger partial charge in [-0.15, -0.1) is 0 Å². The second kappa shape index (κ2) is 11.1. The van der Waals surface area contributed by atoms with Crippen molar-refractivity contribution >= 4 is 29.3 Å². The molecule has 3 N–H and O–H groups in total. The quantitative estimate of drug-likeness (QED) is 0.467. The van der Waals surface area contributed by atoms with E-state index in [1.54, 1.807) is 45.0 Å². The molecule has 0 saturated carbocycles.